The summed E-state index contributed by atoms with van der Waals surface area (Å²) in [6.07, 6.45) is 11.2. The largest absolute Gasteiger partial charge is 0.322 e. The number of hydrogen-bond donors (Lipinski definition) is 2. The molecule has 0 radical (unpaired) electrons. The Morgan fingerprint density at radius 2 is 1.72 bits per heavy atom. The van der Waals surface area contributed by atoms with Gasteiger partial charge in [-0.15, -0.1) is 0 Å². The molecule has 3 aromatic heterocycles. The van der Waals surface area contributed by atoms with E-state index in [1.165, 1.54) is 0 Å². The molecule has 0 saturated heterocycles. The molecule has 1 aliphatic carbocycles. The van der Waals surface area contributed by atoms with Crippen LogP contribution >= 0.6 is 0 Å². The van der Waals surface area contributed by atoms with Crippen LogP contribution < -0.4 is 10.6 Å². The van der Waals surface area contributed by atoms with E-state index in [0.717, 1.165) is 41.5 Å². The van der Waals surface area contributed by atoms with Crippen molar-refractivity contribution in [3.63, 3.8) is 0 Å². The molecule has 1 aliphatic rings. The SMILES string of the molecule is CCC(C)(C)c1cncc(C(=O)Nc2ccc(C)c(-c3cncc(-c4ccnc(NC(=O)C5CC5)c4)n3)c2)c1. The van der Waals surface area contributed by atoms with Gasteiger partial charge in [-0.2, -0.15) is 0 Å². The van der Waals surface area contributed by atoms with Gasteiger partial charge in [0, 0.05) is 41.3 Å². The lowest BCUT2D eigenvalue weighted by molar-refractivity contribution is -0.117. The van der Waals surface area contributed by atoms with Crippen LogP contribution in [0.2, 0.25) is 0 Å². The minimum Gasteiger partial charge on any atom is -0.322 e. The first-order chi connectivity index (χ1) is 18.7. The molecule has 8 nitrogen and oxygen atoms in total. The number of aromatic nitrogens is 4. The number of hydrogen-bond acceptors (Lipinski definition) is 6. The van der Waals surface area contributed by atoms with E-state index >= 15 is 0 Å². The summed E-state index contributed by atoms with van der Waals surface area (Å²) in [5, 5.41) is 5.88. The third-order valence-electron chi connectivity index (χ3n) is 7.33. The molecule has 0 atom stereocenters. The van der Waals surface area contributed by atoms with Crippen LogP contribution in [0.5, 0.6) is 0 Å². The van der Waals surface area contributed by atoms with Gasteiger partial charge >= 0.3 is 0 Å². The van der Waals surface area contributed by atoms with Gasteiger partial charge in [0.1, 0.15) is 5.82 Å². The van der Waals surface area contributed by atoms with Crippen molar-refractivity contribution < 1.29 is 9.59 Å². The normalized spacial score (nSPS) is 13.1. The standard InChI is InChI=1S/C31H32N6O2/c1-5-31(3,4)23-12-22(15-32-16-23)30(39)35-24-9-6-19(2)25(14-24)27-18-33-17-26(36-27)21-10-11-34-28(13-21)37-29(38)20-7-8-20/h6,9-18,20H,5,7-8H2,1-4H3,(H,35,39)(H,34,37,38). The second-order valence-corrected chi connectivity index (χ2v) is 10.7. The molecule has 3 heterocycles. The van der Waals surface area contributed by atoms with E-state index < -0.39 is 0 Å². The molecule has 0 spiro atoms. The molecule has 2 N–H and O–H groups in total. The quantitative estimate of drug-likeness (QED) is 0.286. The summed E-state index contributed by atoms with van der Waals surface area (Å²) < 4.78 is 0. The van der Waals surface area contributed by atoms with Crippen LogP contribution in [-0.4, -0.2) is 31.8 Å². The highest BCUT2D eigenvalue weighted by Gasteiger charge is 2.29. The van der Waals surface area contributed by atoms with Gasteiger partial charge in [-0.05, 0) is 73.1 Å². The highest BCUT2D eigenvalue weighted by Crippen LogP contribution is 2.31. The van der Waals surface area contributed by atoms with E-state index in [2.05, 4.69) is 46.4 Å². The Bertz CT molecular complexity index is 1540. The lowest BCUT2D eigenvalue weighted by Crippen LogP contribution is -2.18. The van der Waals surface area contributed by atoms with Gasteiger partial charge in [0.15, 0.2) is 0 Å². The number of carbonyl (C=O) groups is 2. The molecular formula is C31H32N6O2. The molecule has 198 valence electrons. The lowest BCUT2D eigenvalue weighted by atomic mass is 9.83. The number of anilines is 2. The molecule has 1 saturated carbocycles. The third-order valence-corrected chi connectivity index (χ3v) is 7.33. The van der Waals surface area contributed by atoms with Gasteiger partial charge in [0.2, 0.25) is 5.91 Å². The van der Waals surface area contributed by atoms with Gasteiger partial charge in [-0.25, -0.2) is 9.97 Å². The summed E-state index contributed by atoms with van der Waals surface area (Å²) in [6.45, 7) is 8.40. The second-order valence-electron chi connectivity index (χ2n) is 10.7. The van der Waals surface area contributed by atoms with Crippen molar-refractivity contribution in [3.05, 3.63) is 84.1 Å². The second kappa shape index (κ2) is 10.7. The molecule has 0 aliphatic heterocycles. The van der Waals surface area contributed by atoms with E-state index in [-0.39, 0.29) is 23.1 Å². The first-order valence-electron chi connectivity index (χ1n) is 13.2. The number of amides is 2. The fourth-order valence-electron chi connectivity index (χ4n) is 4.18. The molecule has 5 rings (SSSR count). The van der Waals surface area contributed by atoms with Gasteiger partial charge in [0.05, 0.1) is 29.3 Å². The molecule has 0 bridgehead atoms. The highest BCUT2D eigenvalue weighted by molar-refractivity contribution is 6.04. The zero-order chi connectivity index (χ0) is 27.6. The van der Waals surface area contributed by atoms with Crippen LogP contribution in [0.1, 0.15) is 61.5 Å². The Morgan fingerprint density at radius 3 is 2.49 bits per heavy atom. The summed E-state index contributed by atoms with van der Waals surface area (Å²) in [4.78, 5) is 43.1. The number of rotatable bonds is 8. The Balaban J connectivity index is 1.38. The zero-order valence-corrected chi connectivity index (χ0v) is 22.7. The number of nitrogens with one attached hydrogen (secondary N) is 2. The van der Waals surface area contributed by atoms with Crippen LogP contribution in [-0.2, 0) is 10.2 Å². The molecule has 0 unspecified atom stereocenters. The van der Waals surface area contributed by atoms with E-state index in [1.54, 1.807) is 30.9 Å². The maximum Gasteiger partial charge on any atom is 0.257 e. The van der Waals surface area contributed by atoms with Crippen molar-refractivity contribution in [1.29, 1.82) is 0 Å². The summed E-state index contributed by atoms with van der Waals surface area (Å²) in [7, 11) is 0. The molecule has 39 heavy (non-hydrogen) atoms. The van der Waals surface area contributed by atoms with Crippen LogP contribution in [0.25, 0.3) is 22.5 Å². The van der Waals surface area contributed by atoms with Crippen molar-refractivity contribution in [2.75, 3.05) is 10.6 Å². The number of carbonyl (C=O) groups excluding carboxylic acids is 2. The molecule has 2 amide bonds. The van der Waals surface area contributed by atoms with Crippen molar-refractivity contribution in [3.8, 4) is 22.5 Å². The van der Waals surface area contributed by atoms with Crippen LogP contribution in [0.4, 0.5) is 11.5 Å². The lowest BCUT2D eigenvalue weighted by Gasteiger charge is -2.23. The first-order valence-corrected chi connectivity index (χ1v) is 13.2. The monoisotopic (exact) mass is 520 g/mol. The summed E-state index contributed by atoms with van der Waals surface area (Å²) in [5.41, 5.74) is 6.12. The van der Waals surface area contributed by atoms with E-state index in [0.29, 0.717) is 28.5 Å². The van der Waals surface area contributed by atoms with Crippen molar-refractivity contribution in [1.82, 2.24) is 19.9 Å². The number of pyridine rings is 2. The van der Waals surface area contributed by atoms with Gasteiger partial charge in [-0.1, -0.05) is 26.8 Å². The minimum absolute atomic E-state index is 0.00514. The molecule has 1 aromatic carbocycles. The Kier molecular flexibility index (Phi) is 7.19. The summed E-state index contributed by atoms with van der Waals surface area (Å²) in [5.74, 6) is 0.380. The molecule has 1 fully saturated rings. The van der Waals surface area contributed by atoms with Crippen LogP contribution in [0, 0.1) is 12.8 Å². The fourth-order valence-corrected chi connectivity index (χ4v) is 4.18. The number of nitrogens with zero attached hydrogens (tertiary/aromatic N) is 4. The fraction of sp³-hybridized carbons (Fsp3) is 0.290. The smallest absolute Gasteiger partial charge is 0.257 e. The zero-order valence-electron chi connectivity index (χ0n) is 22.7. The highest BCUT2D eigenvalue weighted by atomic mass is 16.2. The van der Waals surface area contributed by atoms with E-state index in [4.69, 9.17) is 4.98 Å². The third kappa shape index (κ3) is 6.00. The van der Waals surface area contributed by atoms with Crippen molar-refractivity contribution in [2.45, 2.75) is 52.4 Å². The number of benzene rings is 1. The predicted octanol–water partition coefficient (Wildman–Crippen LogP) is 6.20. The predicted molar refractivity (Wildman–Crippen MR) is 152 cm³/mol. The van der Waals surface area contributed by atoms with E-state index in [1.807, 2.05) is 43.5 Å². The van der Waals surface area contributed by atoms with Crippen molar-refractivity contribution in [2.24, 2.45) is 5.92 Å². The Morgan fingerprint density at radius 1 is 0.949 bits per heavy atom. The van der Waals surface area contributed by atoms with Gasteiger partial charge in [0.25, 0.3) is 5.91 Å². The van der Waals surface area contributed by atoms with Crippen molar-refractivity contribution >= 4 is 23.3 Å². The average Bonchev–Trinajstić information content (AvgIpc) is 3.80. The topological polar surface area (TPSA) is 110 Å². The Hall–Kier alpha value is -4.46. The Labute approximate surface area is 228 Å². The summed E-state index contributed by atoms with van der Waals surface area (Å²) in [6, 6.07) is 11.3. The summed E-state index contributed by atoms with van der Waals surface area (Å²) >= 11 is 0. The van der Waals surface area contributed by atoms with Gasteiger partial charge < -0.3 is 10.6 Å². The van der Waals surface area contributed by atoms with Crippen LogP contribution in [0.3, 0.4) is 0 Å². The first kappa shape index (κ1) is 26.2. The molecule has 8 heteroatoms. The minimum atomic E-state index is -0.219. The number of aryl methyl sites for hydroxylation is 1. The average molecular weight is 521 g/mol. The van der Waals surface area contributed by atoms with Gasteiger partial charge in [-0.3, -0.25) is 19.6 Å². The maximum atomic E-state index is 13.1. The molecule has 4 aromatic rings. The van der Waals surface area contributed by atoms with Crippen LogP contribution in [0.15, 0.2) is 67.4 Å². The molecular weight excluding hydrogens is 488 g/mol. The maximum absolute atomic E-state index is 13.1. The van der Waals surface area contributed by atoms with E-state index in [9.17, 15) is 9.59 Å².